The summed E-state index contributed by atoms with van der Waals surface area (Å²) in [5.41, 5.74) is 8.39. The molecule has 2 rings (SSSR count). The lowest BCUT2D eigenvalue weighted by Crippen LogP contribution is -1.92. The van der Waals surface area contributed by atoms with Crippen LogP contribution in [0.4, 0.5) is 5.69 Å². The number of hydrogen-bond donors (Lipinski definition) is 1. The van der Waals surface area contributed by atoms with Crippen molar-refractivity contribution >= 4 is 17.3 Å². The molecule has 0 heterocycles. The van der Waals surface area contributed by atoms with Crippen molar-refractivity contribution in [1.29, 1.82) is 0 Å². The standard InChI is InChI=1S/C14H14ClNO/c1-9-7-11(15)8-10(2)14(9)17-13-5-3-12(16)4-6-13/h3-8H,16H2,1-2H3. The van der Waals surface area contributed by atoms with Gasteiger partial charge in [-0.2, -0.15) is 0 Å². The highest BCUT2D eigenvalue weighted by Gasteiger charge is 2.06. The molecule has 0 unspecified atom stereocenters. The van der Waals surface area contributed by atoms with Crippen molar-refractivity contribution in [1.82, 2.24) is 0 Å². The van der Waals surface area contributed by atoms with Gasteiger partial charge in [-0.25, -0.2) is 0 Å². The lowest BCUT2D eigenvalue weighted by atomic mass is 10.1. The van der Waals surface area contributed by atoms with Gasteiger partial charge < -0.3 is 10.5 Å². The molecule has 3 heteroatoms. The van der Waals surface area contributed by atoms with E-state index < -0.39 is 0 Å². The Kier molecular flexibility index (Phi) is 3.25. The monoisotopic (exact) mass is 247 g/mol. The van der Waals surface area contributed by atoms with E-state index >= 15 is 0 Å². The van der Waals surface area contributed by atoms with Crippen LogP contribution < -0.4 is 10.5 Å². The Morgan fingerprint density at radius 1 is 1.00 bits per heavy atom. The molecule has 0 saturated carbocycles. The fourth-order valence-electron chi connectivity index (χ4n) is 1.71. The van der Waals surface area contributed by atoms with Crippen LogP contribution in [0.5, 0.6) is 11.5 Å². The molecular weight excluding hydrogens is 234 g/mol. The van der Waals surface area contributed by atoms with Crippen molar-refractivity contribution in [2.24, 2.45) is 0 Å². The molecule has 0 amide bonds. The van der Waals surface area contributed by atoms with Crippen molar-refractivity contribution in [2.75, 3.05) is 5.73 Å². The van der Waals surface area contributed by atoms with Crippen LogP contribution in [-0.4, -0.2) is 0 Å². The summed E-state index contributed by atoms with van der Waals surface area (Å²) in [5, 5.41) is 0.727. The van der Waals surface area contributed by atoms with E-state index in [2.05, 4.69) is 0 Å². The molecule has 0 fully saturated rings. The second kappa shape index (κ2) is 4.68. The fourth-order valence-corrected chi connectivity index (χ4v) is 2.04. The van der Waals surface area contributed by atoms with E-state index in [-0.39, 0.29) is 0 Å². The molecule has 0 saturated heterocycles. The normalized spacial score (nSPS) is 10.3. The highest BCUT2D eigenvalue weighted by Crippen LogP contribution is 2.31. The van der Waals surface area contributed by atoms with Crippen LogP contribution in [0.2, 0.25) is 5.02 Å². The molecule has 2 aromatic carbocycles. The molecule has 0 radical (unpaired) electrons. The molecule has 0 aromatic heterocycles. The molecule has 0 aliphatic carbocycles. The molecule has 0 aliphatic heterocycles. The number of nitrogens with two attached hydrogens (primary N) is 1. The average molecular weight is 248 g/mol. The first-order valence-electron chi connectivity index (χ1n) is 5.36. The SMILES string of the molecule is Cc1cc(Cl)cc(C)c1Oc1ccc(N)cc1. The molecule has 2 nitrogen and oxygen atoms in total. The molecule has 17 heavy (non-hydrogen) atoms. The molecule has 88 valence electrons. The Labute approximate surface area is 106 Å². The molecule has 0 atom stereocenters. The Morgan fingerprint density at radius 2 is 1.53 bits per heavy atom. The van der Waals surface area contributed by atoms with Gasteiger partial charge in [-0.05, 0) is 61.4 Å². The summed E-state index contributed by atoms with van der Waals surface area (Å²) >= 11 is 5.97. The van der Waals surface area contributed by atoms with Crippen LogP contribution in [-0.2, 0) is 0 Å². The second-order valence-electron chi connectivity index (χ2n) is 4.04. The predicted octanol–water partition coefficient (Wildman–Crippen LogP) is 4.33. The first kappa shape index (κ1) is 11.8. The van der Waals surface area contributed by atoms with Gasteiger partial charge in [0.15, 0.2) is 0 Å². The van der Waals surface area contributed by atoms with Gasteiger partial charge >= 0.3 is 0 Å². The van der Waals surface area contributed by atoms with Crippen LogP contribution in [0.1, 0.15) is 11.1 Å². The molecule has 2 aromatic rings. The van der Waals surface area contributed by atoms with E-state index in [0.29, 0.717) is 0 Å². The van der Waals surface area contributed by atoms with Gasteiger partial charge in [0.25, 0.3) is 0 Å². The highest BCUT2D eigenvalue weighted by atomic mass is 35.5. The third-order valence-electron chi connectivity index (χ3n) is 2.53. The largest absolute Gasteiger partial charge is 0.457 e. The molecular formula is C14H14ClNO. The average Bonchev–Trinajstić information content (AvgIpc) is 2.26. The third kappa shape index (κ3) is 2.71. The van der Waals surface area contributed by atoms with Gasteiger partial charge in [-0.3, -0.25) is 0 Å². The van der Waals surface area contributed by atoms with Gasteiger partial charge in [-0.15, -0.1) is 0 Å². The summed E-state index contributed by atoms with van der Waals surface area (Å²) in [6.07, 6.45) is 0. The van der Waals surface area contributed by atoms with Gasteiger partial charge in [-0.1, -0.05) is 11.6 Å². The molecule has 0 aliphatic rings. The number of halogens is 1. The number of ether oxygens (including phenoxy) is 1. The van der Waals surface area contributed by atoms with E-state index in [1.807, 2.05) is 50.2 Å². The summed E-state index contributed by atoms with van der Waals surface area (Å²) in [6, 6.07) is 11.1. The van der Waals surface area contributed by atoms with E-state index in [4.69, 9.17) is 22.1 Å². The summed E-state index contributed by atoms with van der Waals surface area (Å²) < 4.78 is 5.84. The second-order valence-corrected chi connectivity index (χ2v) is 4.48. The first-order valence-corrected chi connectivity index (χ1v) is 5.74. The number of anilines is 1. The van der Waals surface area contributed by atoms with Crippen LogP contribution in [0.15, 0.2) is 36.4 Å². The minimum atomic E-state index is 0.724. The Morgan fingerprint density at radius 3 is 2.06 bits per heavy atom. The number of nitrogen functional groups attached to an aromatic ring is 1. The van der Waals surface area contributed by atoms with E-state index in [0.717, 1.165) is 33.3 Å². The molecule has 0 spiro atoms. The zero-order valence-electron chi connectivity index (χ0n) is 9.83. The van der Waals surface area contributed by atoms with Crippen molar-refractivity contribution in [3.8, 4) is 11.5 Å². The number of hydrogen-bond acceptors (Lipinski definition) is 2. The van der Waals surface area contributed by atoms with Crippen molar-refractivity contribution < 1.29 is 4.74 Å². The summed E-state index contributed by atoms with van der Waals surface area (Å²) in [7, 11) is 0. The van der Waals surface area contributed by atoms with Crippen molar-refractivity contribution in [2.45, 2.75) is 13.8 Å². The van der Waals surface area contributed by atoms with E-state index in [1.165, 1.54) is 0 Å². The zero-order valence-corrected chi connectivity index (χ0v) is 10.6. The minimum absolute atomic E-state index is 0.724. The Hall–Kier alpha value is -1.67. The Balaban J connectivity index is 2.33. The maximum Gasteiger partial charge on any atom is 0.133 e. The zero-order chi connectivity index (χ0) is 12.4. The lowest BCUT2D eigenvalue weighted by molar-refractivity contribution is 0.475. The van der Waals surface area contributed by atoms with Crippen LogP contribution in [0, 0.1) is 13.8 Å². The lowest BCUT2D eigenvalue weighted by Gasteiger charge is -2.12. The van der Waals surface area contributed by atoms with Crippen LogP contribution in [0.3, 0.4) is 0 Å². The van der Waals surface area contributed by atoms with Crippen LogP contribution in [0.25, 0.3) is 0 Å². The topological polar surface area (TPSA) is 35.2 Å². The predicted molar refractivity (Wildman–Crippen MR) is 71.9 cm³/mol. The quantitative estimate of drug-likeness (QED) is 0.802. The number of benzene rings is 2. The smallest absolute Gasteiger partial charge is 0.133 e. The molecule has 2 N–H and O–H groups in total. The van der Waals surface area contributed by atoms with Crippen molar-refractivity contribution in [3.05, 3.63) is 52.5 Å². The Bertz CT molecular complexity index is 511. The highest BCUT2D eigenvalue weighted by molar-refractivity contribution is 6.30. The molecule has 0 bridgehead atoms. The van der Waals surface area contributed by atoms with Gasteiger partial charge in [0, 0.05) is 10.7 Å². The van der Waals surface area contributed by atoms with E-state index in [9.17, 15) is 0 Å². The van der Waals surface area contributed by atoms with E-state index in [1.54, 1.807) is 0 Å². The summed E-state index contributed by atoms with van der Waals surface area (Å²) in [4.78, 5) is 0. The number of rotatable bonds is 2. The van der Waals surface area contributed by atoms with Gasteiger partial charge in [0.2, 0.25) is 0 Å². The third-order valence-corrected chi connectivity index (χ3v) is 2.74. The van der Waals surface area contributed by atoms with Crippen LogP contribution >= 0.6 is 11.6 Å². The number of aryl methyl sites for hydroxylation is 2. The summed E-state index contributed by atoms with van der Waals surface area (Å²) in [5.74, 6) is 1.62. The fraction of sp³-hybridized carbons (Fsp3) is 0.143. The van der Waals surface area contributed by atoms with Crippen molar-refractivity contribution in [3.63, 3.8) is 0 Å². The van der Waals surface area contributed by atoms with Gasteiger partial charge in [0.1, 0.15) is 11.5 Å². The summed E-state index contributed by atoms with van der Waals surface area (Å²) in [6.45, 7) is 3.96. The maximum absolute atomic E-state index is 5.97. The van der Waals surface area contributed by atoms with Gasteiger partial charge in [0.05, 0.1) is 0 Å². The first-order chi connectivity index (χ1) is 8.06. The minimum Gasteiger partial charge on any atom is -0.457 e. The maximum atomic E-state index is 5.97.